The molecule has 1 saturated carbocycles. The van der Waals surface area contributed by atoms with Crippen molar-refractivity contribution in [3.8, 4) is 17.1 Å². The highest BCUT2D eigenvalue weighted by Gasteiger charge is 2.30. The van der Waals surface area contributed by atoms with E-state index in [0.717, 1.165) is 12.8 Å². The van der Waals surface area contributed by atoms with Crippen LogP contribution in [0, 0.1) is 5.92 Å². The van der Waals surface area contributed by atoms with Gasteiger partial charge < -0.3 is 19.9 Å². The molecule has 2 aromatic rings. The summed E-state index contributed by atoms with van der Waals surface area (Å²) in [6.07, 6.45) is -0.317. The number of hydrogen-bond donors (Lipinski definition) is 2. The predicted octanol–water partition coefficient (Wildman–Crippen LogP) is 3.86. The van der Waals surface area contributed by atoms with E-state index in [1.54, 1.807) is 7.05 Å². The lowest BCUT2D eigenvalue weighted by molar-refractivity contribution is -0.143. The fourth-order valence-corrected chi connectivity index (χ4v) is 3.80. The van der Waals surface area contributed by atoms with Crippen LogP contribution in [0.4, 0.5) is 13.6 Å². The number of carbonyl (C=O) groups excluding carboxylic acids is 1. The van der Waals surface area contributed by atoms with E-state index in [9.17, 15) is 23.5 Å². The van der Waals surface area contributed by atoms with Gasteiger partial charge in [-0.2, -0.15) is 0 Å². The Kier molecular flexibility index (Phi) is 8.72. The Morgan fingerprint density at radius 2 is 2.12 bits per heavy atom. The van der Waals surface area contributed by atoms with Crippen molar-refractivity contribution >= 4 is 12.1 Å². The number of rotatable bonds is 10. The van der Waals surface area contributed by atoms with Gasteiger partial charge in [-0.25, -0.2) is 23.2 Å². The average Bonchev–Trinajstić information content (AvgIpc) is 3.18. The van der Waals surface area contributed by atoms with Crippen LogP contribution in [0.3, 0.4) is 0 Å². The number of aromatic nitrogens is 4. The Hall–Kier alpha value is -3.31. The number of halogens is 2. The van der Waals surface area contributed by atoms with E-state index in [0.29, 0.717) is 31.6 Å². The molecule has 0 aromatic carbocycles. The fourth-order valence-electron chi connectivity index (χ4n) is 3.80. The van der Waals surface area contributed by atoms with Crippen molar-refractivity contribution in [3.63, 3.8) is 0 Å². The zero-order chi connectivity index (χ0) is 24.7. The van der Waals surface area contributed by atoms with Gasteiger partial charge in [-0.05, 0) is 44.2 Å². The second-order valence-corrected chi connectivity index (χ2v) is 8.17. The standard InChI is InChI=1S/C22H29F2N5O5/c1-3-4-10-33-22(32)25-12-16-18(27-28-29(16)2)15-8-9-17(19(26-15)20(23)24)34-14-7-5-6-13(11-14)21(30)31/h8-9,13-14,20H,3-7,10-12H2,1-2H3,(H,25,32)(H,30,31)/t13-,14-/m0/s1. The Morgan fingerprint density at radius 3 is 2.82 bits per heavy atom. The average molecular weight is 482 g/mol. The largest absolute Gasteiger partial charge is 0.488 e. The van der Waals surface area contributed by atoms with Gasteiger partial charge in [0.15, 0.2) is 0 Å². The molecule has 0 radical (unpaired) electrons. The number of alkyl carbamates (subject to hydrolysis) is 1. The van der Waals surface area contributed by atoms with Gasteiger partial charge in [0, 0.05) is 7.05 Å². The molecule has 2 heterocycles. The highest BCUT2D eigenvalue weighted by atomic mass is 19.3. The van der Waals surface area contributed by atoms with Crippen molar-refractivity contribution in [3.05, 3.63) is 23.5 Å². The molecular formula is C22H29F2N5O5. The van der Waals surface area contributed by atoms with Crippen LogP contribution in [-0.2, 0) is 23.1 Å². The quantitative estimate of drug-likeness (QED) is 0.490. The number of pyridine rings is 1. The molecule has 1 amide bonds. The maximum absolute atomic E-state index is 13.8. The van der Waals surface area contributed by atoms with Crippen LogP contribution in [0.25, 0.3) is 11.4 Å². The summed E-state index contributed by atoms with van der Waals surface area (Å²) in [6.45, 7) is 2.30. The van der Waals surface area contributed by atoms with E-state index in [1.165, 1.54) is 16.8 Å². The third kappa shape index (κ3) is 6.39. The first-order valence-corrected chi connectivity index (χ1v) is 11.3. The number of unbranched alkanes of at least 4 members (excludes halogenated alkanes) is 1. The normalized spacial score (nSPS) is 18.0. The maximum Gasteiger partial charge on any atom is 0.407 e. The minimum atomic E-state index is -2.92. The molecule has 10 nitrogen and oxygen atoms in total. The summed E-state index contributed by atoms with van der Waals surface area (Å²) in [5.41, 5.74) is 0.302. The minimum Gasteiger partial charge on any atom is -0.488 e. The molecule has 186 valence electrons. The Bertz CT molecular complexity index is 1000. The summed E-state index contributed by atoms with van der Waals surface area (Å²) in [7, 11) is 1.61. The molecule has 0 unspecified atom stereocenters. The lowest BCUT2D eigenvalue weighted by Crippen LogP contribution is -2.29. The second kappa shape index (κ2) is 11.7. The summed E-state index contributed by atoms with van der Waals surface area (Å²) in [5.74, 6) is -1.55. The molecule has 34 heavy (non-hydrogen) atoms. The summed E-state index contributed by atoms with van der Waals surface area (Å²) in [4.78, 5) is 27.2. The molecule has 0 spiro atoms. The number of carboxylic acids is 1. The molecule has 3 rings (SSSR count). The van der Waals surface area contributed by atoms with Crippen LogP contribution in [-0.4, -0.2) is 49.9 Å². The highest BCUT2D eigenvalue weighted by molar-refractivity contribution is 5.70. The van der Waals surface area contributed by atoms with Crippen LogP contribution < -0.4 is 10.1 Å². The molecule has 1 aliphatic rings. The second-order valence-electron chi connectivity index (χ2n) is 8.17. The summed E-state index contributed by atoms with van der Waals surface area (Å²) in [6, 6.07) is 2.88. The lowest BCUT2D eigenvalue weighted by Gasteiger charge is -2.27. The monoisotopic (exact) mass is 481 g/mol. The van der Waals surface area contributed by atoms with Crippen LogP contribution in [0.1, 0.15) is 63.3 Å². The van der Waals surface area contributed by atoms with E-state index in [2.05, 4.69) is 20.6 Å². The zero-order valence-electron chi connectivity index (χ0n) is 19.2. The van der Waals surface area contributed by atoms with Crippen LogP contribution in [0.15, 0.2) is 12.1 Å². The Morgan fingerprint density at radius 1 is 1.32 bits per heavy atom. The van der Waals surface area contributed by atoms with Crippen LogP contribution in [0.5, 0.6) is 5.75 Å². The molecule has 2 atom stereocenters. The first-order valence-electron chi connectivity index (χ1n) is 11.3. The molecule has 1 fully saturated rings. The van der Waals surface area contributed by atoms with E-state index in [-0.39, 0.29) is 30.1 Å². The number of amides is 1. The molecule has 1 aliphatic carbocycles. The third-order valence-corrected chi connectivity index (χ3v) is 5.68. The number of aliphatic carboxylic acids is 1. The molecule has 0 bridgehead atoms. The van der Waals surface area contributed by atoms with E-state index >= 15 is 0 Å². The molecule has 0 aliphatic heterocycles. The van der Waals surface area contributed by atoms with E-state index in [4.69, 9.17) is 9.47 Å². The number of nitrogens with zero attached hydrogens (tertiary/aromatic N) is 4. The van der Waals surface area contributed by atoms with Crippen molar-refractivity contribution in [2.45, 2.75) is 64.5 Å². The van der Waals surface area contributed by atoms with Crippen molar-refractivity contribution in [2.75, 3.05) is 6.61 Å². The highest BCUT2D eigenvalue weighted by Crippen LogP contribution is 2.34. The fraction of sp³-hybridized carbons (Fsp3) is 0.591. The van der Waals surface area contributed by atoms with Gasteiger partial charge in [0.05, 0.1) is 36.6 Å². The van der Waals surface area contributed by atoms with Gasteiger partial charge in [0.2, 0.25) is 0 Å². The van der Waals surface area contributed by atoms with E-state index in [1.807, 2.05) is 6.92 Å². The van der Waals surface area contributed by atoms with Gasteiger partial charge in [-0.3, -0.25) is 4.79 Å². The summed E-state index contributed by atoms with van der Waals surface area (Å²) >= 11 is 0. The SMILES string of the molecule is CCCCOC(=O)NCc1c(-c2ccc(O[C@H]3CCC[C@H](C(=O)O)C3)c(C(F)F)n2)nnn1C. The van der Waals surface area contributed by atoms with Gasteiger partial charge in [-0.1, -0.05) is 18.6 Å². The van der Waals surface area contributed by atoms with Gasteiger partial charge in [0.1, 0.15) is 17.1 Å². The lowest BCUT2D eigenvalue weighted by atomic mass is 9.87. The van der Waals surface area contributed by atoms with Gasteiger partial charge >= 0.3 is 12.1 Å². The third-order valence-electron chi connectivity index (χ3n) is 5.68. The Labute approximate surface area is 195 Å². The predicted molar refractivity (Wildman–Crippen MR) is 116 cm³/mol. The zero-order valence-corrected chi connectivity index (χ0v) is 19.2. The van der Waals surface area contributed by atoms with Crippen LogP contribution in [0.2, 0.25) is 0 Å². The van der Waals surface area contributed by atoms with Gasteiger partial charge in [-0.15, -0.1) is 5.10 Å². The smallest absolute Gasteiger partial charge is 0.407 e. The number of nitrogens with one attached hydrogen (secondary N) is 1. The molecular weight excluding hydrogens is 452 g/mol. The molecule has 2 aromatic heterocycles. The van der Waals surface area contributed by atoms with Crippen molar-refractivity contribution in [2.24, 2.45) is 13.0 Å². The number of carboxylic acid groups (broad SMARTS) is 1. The Balaban J connectivity index is 1.76. The van der Waals surface area contributed by atoms with Crippen molar-refractivity contribution < 1.29 is 33.0 Å². The number of alkyl halides is 2. The molecule has 0 saturated heterocycles. The first kappa shape index (κ1) is 25.3. The number of carbonyl (C=O) groups is 2. The van der Waals surface area contributed by atoms with Crippen molar-refractivity contribution in [1.82, 2.24) is 25.3 Å². The number of hydrogen-bond acceptors (Lipinski definition) is 7. The number of ether oxygens (including phenoxy) is 2. The summed E-state index contributed by atoms with van der Waals surface area (Å²) in [5, 5.41) is 19.8. The first-order chi connectivity index (χ1) is 16.3. The van der Waals surface area contributed by atoms with E-state index < -0.39 is 36.2 Å². The summed E-state index contributed by atoms with van der Waals surface area (Å²) < 4.78 is 39.9. The van der Waals surface area contributed by atoms with Crippen LogP contribution >= 0.6 is 0 Å². The maximum atomic E-state index is 13.8. The minimum absolute atomic E-state index is 0.0202. The molecule has 2 N–H and O–H groups in total. The number of aryl methyl sites for hydroxylation is 1. The van der Waals surface area contributed by atoms with Gasteiger partial charge in [0.25, 0.3) is 6.43 Å². The van der Waals surface area contributed by atoms with Crippen molar-refractivity contribution in [1.29, 1.82) is 0 Å². The molecule has 12 heteroatoms. The topological polar surface area (TPSA) is 128 Å².